The van der Waals surface area contributed by atoms with Crippen LogP contribution in [0.4, 0.5) is 0 Å². The molecule has 3 rings (SSSR count). The van der Waals surface area contributed by atoms with E-state index < -0.39 is 0 Å². The number of aromatic nitrogens is 1. The van der Waals surface area contributed by atoms with E-state index in [9.17, 15) is 0 Å². The highest BCUT2D eigenvalue weighted by Gasteiger charge is 2.51. The van der Waals surface area contributed by atoms with Gasteiger partial charge in [0.2, 0.25) is 5.71 Å². The average molecular weight is 259 g/mol. The fourth-order valence-corrected chi connectivity index (χ4v) is 2.18. The van der Waals surface area contributed by atoms with Crippen molar-refractivity contribution in [2.75, 3.05) is 0 Å². The summed E-state index contributed by atoms with van der Waals surface area (Å²) >= 11 is 0. The van der Waals surface area contributed by atoms with Crippen LogP contribution < -0.4 is 5.46 Å². The summed E-state index contributed by atoms with van der Waals surface area (Å²) in [4.78, 5) is 4.32. The maximum absolute atomic E-state index is 6.01. The van der Waals surface area contributed by atoms with E-state index in [1.54, 1.807) is 6.20 Å². The predicted octanol–water partition coefficient (Wildman–Crippen LogP) is 2.44. The molecule has 0 unspecified atom stereocenters. The Balaban J connectivity index is 1.97. The van der Waals surface area contributed by atoms with Gasteiger partial charge in [0.25, 0.3) is 0 Å². The van der Waals surface area contributed by atoms with Gasteiger partial charge in [-0.25, -0.2) is 4.98 Å². The summed E-state index contributed by atoms with van der Waals surface area (Å²) in [7, 11) is -0.378. The second-order valence-electron chi connectivity index (χ2n) is 6.11. The summed E-state index contributed by atoms with van der Waals surface area (Å²) in [5.74, 6) is 0.855. The monoisotopic (exact) mass is 259 g/mol. The molecule has 0 aliphatic carbocycles. The summed E-state index contributed by atoms with van der Waals surface area (Å²) in [6, 6.07) is 3.98. The van der Waals surface area contributed by atoms with Crippen LogP contribution in [0.25, 0.3) is 11.1 Å². The molecule has 0 aromatic carbocycles. The first-order valence-electron chi connectivity index (χ1n) is 6.50. The number of furan rings is 1. The van der Waals surface area contributed by atoms with Crippen molar-refractivity contribution < 1.29 is 13.7 Å². The van der Waals surface area contributed by atoms with Crippen molar-refractivity contribution in [1.29, 1.82) is 0 Å². The lowest BCUT2D eigenvalue weighted by molar-refractivity contribution is 0.00578. The maximum Gasteiger partial charge on any atom is 0.496 e. The van der Waals surface area contributed by atoms with E-state index in [2.05, 4.69) is 4.98 Å². The second kappa shape index (κ2) is 3.84. The molecule has 5 heteroatoms. The van der Waals surface area contributed by atoms with E-state index in [-0.39, 0.29) is 18.3 Å². The minimum atomic E-state index is -0.378. The molecule has 0 spiro atoms. The Morgan fingerprint density at radius 3 is 2.32 bits per heavy atom. The smallest absolute Gasteiger partial charge is 0.443 e. The lowest BCUT2D eigenvalue weighted by Gasteiger charge is -2.32. The van der Waals surface area contributed by atoms with Gasteiger partial charge in [-0.15, -0.1) is 0 Å². The first kappa shape index (κ1) is 12.7. The standard InChI is InChI=1S/C14H18BNO3/c1-9-6-10-7-11(8-16-12(10)17-9)15-18-13(2,3)14(4,5)19-15/h6-8H,1-5H3. The SMILES string of the molecule is Cc1cc2cc(B3OC(C)(C)C(C)(C)O3)cnc2o1. The molecule has 100 valence electrons. The van der Waals surface area contributed by atoms with E-state index in [4.69, 9.17) is 13.7 Å². The zero-order valence-electron chi connectivity index (χ0n) is 12.0. The van der Waals surface area contributed by atoms with Crippen LogP contribution in [0, 0.1) is 6.92 Å². The van der Waals surface area contributed by atoms with Crippen LogP contribution >= 0.6 is 0 Å². The van der Waals surface area contributed by atoms with Gasteiger partial charge >= 0.3 is 7.12 Å². The van der Waals surface area contributed by atoms with Crippen molar-refractivity contribution in [3.63, 3.8) is 0 Å². The molecule has 1 aliphatic rings. The van der Waals surface area contributed by atoms with E-state index in [1.165, 1.54) is 0 Å². The van der Waals surface area contributed by atoms with Crippen molar-refractivity contribution in [2.24, 2.45) is 0 Å². The molecular formula is C14H18BNO3. The number of nitrogens with zero attached hydrogens (tertiary/aromatic N) is 1. The van der Waals surface area contributed by atoms with Crippen LogP contribution in [-0.2, 0) is 9.31 Å². The van der Waals surface area contributed by atoms with Gasteiger partial charge in [-0.05, 0) is 46.8 Å². The predicted molar refractivity (Wildman–Crippen MR) is 74.5 cm³/mol. The van der Waals surface area contributed by atoms with Gasteiger partial charge < -0.3 is 13.7 Å². The molecule has 4 nitrogen and oxygen atoms in total. The Hall–Kier alpha value is -1.33. The van der Waals surface area contributed by atoms with Crippen LogP contribution in [0.2, 0.25) is 0 Å². The number of aryl methyl sites for hydroxylation is 1. The zero-order valence-corrected chi connectivity index (χ0v) is 12.0. The number of fused-ring (bicyclic) bond motifs is 1. The Morgan fingerprint density at radius 2 is 1.68 bits per heavy atom. The normalized spacial score (nSPS) is 21.2. The fourth-order valence-electron chi connectivity index (χ4n) is 2.18. The minimum Gasteiger partial charge on any atom is -0.443 e. The largest absolute Gasteiger partial charge is 0.496 e. The van der Waals surface area contributed by atoms with Crippen molar-refractivity contribution in [2.45, 2.75) is 45.8 Å². The van der Waals surface area contributed by atoms with Crippen LogP contribution in [-0.4, -0.2) is 23.3 Å². The summed E-state index contributed by atoms with van der Waals surface area (Å²) in [5, 5.41) is 0.977. The summed E-state index contributed by atoms with van der Waals surface area (Å²) in [6.45, 7) is 10.1. The third-order valence-corrected chi connectivity index (χ3v) is 4.04. The van der Waals surface area contributed by atoms with Gasteiger partial charge in [-0.2, -0.15) is 0 Å². The van der Waals surface area contributed by atoms with Crippen LogP contribution in [0.15, 0.2) is 22.7 Å². The Labute approximate surface area is 113 Å². The summed E-state index contributed by atoms with van der Waals surface area (Å²) in [5.41, 5.74) is 0.905. The molecule has 0 N–H and O–H groups in total. The van der Waals surface area contributed by atoms with Crippen molar-refractivity contribution >= 4 is 23.7 Å². The third kappa shape index (κ3) is 1.97. The molecule has 2 aromatic heterocycles. The summed E-state index contributed by atoms with van der Waals surface area (Å²) < 4.78 is 17.5. The van der Waals surface area contributed by atoms with E-state index in [1.807, 2.05) is 46.8 Å². The molecule has 0 saturated carbocycles. The molecule has 0 radical (unpaired) electrons. The minimum absolute atomic E-state index is 0.334. The Kier molecular flexibility index (Phi) is 2.56. The van der Waals surface area contributed by atoms with Crippen molar-refractivity contribution in [3.8, 4) is 0 Å². The van der Waals surface area contributed by atoms with Gasteiger partial charge in [0.1, 0.15) is 5.76 Å². The van der Waals surface area contributed by atoms with Gasteiger partial charge in [-0.3, -0.25) is 0 Å². The molecule has 0 atom stereocenters. The highest BCUT2D eigenvalue weighted by atomic mass is 16.7. The molecular weight excluding hydrogens is 241 g/mol. The average Bonchev–Trinajstić information content (AvgIpc) is 2.74. The lowest BCUT2D eigenvalue weighted by Crippen LogP contribution is -2.41. The first-order chi connectivity index (χ1) is 8.78. The highest BCUT2D eigenvalue weighted by molar-refractivity contribution is 6.62. The van der Waals surface area contributed by atoms with Crippen LogP contribution in [0.3, 0.4) is 0 Å². The molecule has 1 fully saturated rings. The maximum atomic E-state index is 6.01. The third-order valence-electron chi connectivity index (χ3n) is 4.04. The van der Waals surface area contributed by atoms with E-state index in [0.29, 0.717) is 5.71 Å². The van der Waals surface area contributed by atoms with Crippen molar-refractivity contribution in [3.05, 3.63) is 24.1 Å². The van der Waals surface area contributed by atoms with Crippen LogP contribution in [0.5, 0.6) is 0 Å². The first-order valence-corrected chi connectivity index (χ1v) is 6.50. The van der Waals surface area contributed by atoms with Crippen LogP contribution in [0.1, 0.15) is 33.5 Å². The molecule has 1 saturated heterocycles. The van der Waals surface area contributed by atoms with E-state index in [0.717, 1.165) is 16.6 Å². The molecule has 2 aromatic rings. The number of rotatable bonds is 1. The number of pyridine rings is 1. The quantitative estimate of drug-likeness (QED) is 0.738. The van der Waals surface area contributed by atoms with Gasteiger partial charge in [-0.1, -0.05) is 0 Å². The van der Waals surface area contributed by atoms with Gasteiger partial charge in [0.05, 0.1) is 11.2 Å². The Bertz CT molecular complexity index is 617. The molecule has 19 heavy (non-hydrogen) atoms. The Morgan fingerprint density at radius 1 is 1.05 bits per heavy atom. The lowest BCUT2D eigenvalue weighted by atomic mass is 9.80. The number of hydrogen-bond acceptors (Lipinski definition) is 4. The van der Waals surface area contributed by atoms with Gasteiger partial charge in [0.15, 0.2) is 0 Å². The molecule has 0 amide bonds. The fraction of sp³-hybridized carbons (Fsp3) is 0.500. The molecule has 0 bridgehead atoms. The van der Waals surface area contributed by atoms with Crippen molar-refractivity contribution in [1.82, 2.24) is 4.98 Å². The molecule has 1 aliphatic heterocycles. The van der Waals surface area contributed by atoms with E-state index >= 15 is 0 Å². The topological polar surface area (TPSA) is 44.5 Å². The molecule has 3 heterocycles. The van der Waals surface area contributed by atoms with Gasteiger partial charge in [0, 0.05) is 17.0 Å². The zero-order chi connectivity index (χ0) is 13.8. The second-order valence-corrected chi connectivity index (χ2v) is 6.11. The number of hydrogen-bond donors (Lipinski definition) is 0. The highest BCUT2D eigenvalue weighted by Crippen LogP contribution is 2.36. The summed E-state index contributed by atoms with van der Waals surface area (Å²) in [6.07, 6.45) is 1.76.